The first kappa shape index (κ1) is 15.1. The third-order valence-electron chi connectivity index (χ3n) is 2.89. The first-order valence-electron chi connectivity index (χ1n) is 6.24. The number of anilines is 1. The molecule has 1 aromatic heterocycles. The van der Waals surface area contributed by atoms with Crippen LogP contribution in [0.3, 0.4) is 0 Å². The molecule has 1 heterocycles. The molecule has 5 nitrogen and oxygen atoms in total. The van der Waals surface area contributed by atoms with Gasteiger partial charge in [0.1, 0.15) is 11.3 Å². The van der Waals surface area contributed by atoms with Gasteiger partial charge in [0.05, 0.1) is 6.26 Å². The van der Waals surface area contributed by atoms with Gasteiger partial charge in [-0.15, -0.1) is 0 Å². The highest BCUT2D eigenvalue weighted by Gasteiger charge is 2.15. The number of benzene rings is 1. The Hall–Kier alpha value is -2.27. The lowest BCUT2D eigenvalue weighted by atomic mass is 10.2. The molecular formula is C15H14ClNO4. The monoisotopic (exact) mass is 307 g/mol. The van der Waals surface area contributed by atoms with Crippen molar-refractivity contribution in [3.63, 3.8) is 0 Å². The number of hydrogen-bond donors (Lipinski definition) is 1. The number of nitrogens with one attached hydrogen (secondary N) is 1. The molecule has 1 N–H and O–H groups in total. The molecule has 1 aromatic carbocycles. The molecule has 0 radical (unpaired) electrons. The number of carbonyl (C=O) groups is 2. The summed E-state index contributed by atoms with van der Waals surface area (Å²) in [6, 6.07) is 6.65. The fourth-order valence-corrected chi connectivity index (χ4v) is 1.89. The van der Waals surface area contributed by atoms with Crippen molar-refractivity contribution in [2.75, 3.05) is 11.9 Å². The van der Waals surface area contributed by atoms with Crippen molar-refractivity contribution >= 4 is 29.2 Å². The van der Waals surface area contributed by atoms with E-state index in [0.717, 1.165) is 5.56 Å². The minimum absolute atomic E-state index is 0.307. The second kappa shape index (κ2) is 6.45. The Morgan fingerprint density at radius 1 is 1.29 bits per heavy atom. The van der Waals surface area contributed by atoms with E-state index in [4.69, 9.17) is 20.8 Å². The van der Waals surface area contributed by atoms with Crippen molar-refractivity contribution in [3.8, 4) is 0 Å². The number of hydrogen-bond acceptors (Lipinski definition) is 4. The Balaban J connectivity index is 1.92. The topological polar surface area (TPSA) is 68.5 Å². The summed E-state index contributed by atoms with van der Waals surface area (Å²) in [4.78, 5) is 23.5. The molecule has 0 aliphatic carbocycles. The van der Waals surface area contributed by atoms with Gasteiger partial charge < -0.3 is 14.5 Å². The number of halogens is 1. The fraction of sp³-hybridized carbons (Fsp3) is 0.200. The smallest absolute Gasteiger partial charge is 0.342 e. The van der Waals surface area contributed by atoms with Crippen molar-refractivity contribution in [2.24, 2.45) is 0 Å². The van der Waals surface area contributed by atoms with Crippen LogP contribution in [0.25, 0.3) is 0 Å². The van der Waals surface area contributed by atoms with E-state index in [2.05, 4.69) is 5.32 Å². The highest BCUT2D eigenvalue weighted by molar-refractivity contribution is 6.31. The summed E-state index contributed by atoms with van der Waals surface area (Å²) in [6.07, 6.45) is 1.39. The fourth-order valence-electron chi connectivity index (χ4n) is 1.72. The van der Waals surface area contributed by atoms with E-state index in [-0.39, 0.29) is 6.61 Å². The minimum Gasteiger partial charge on any atom is -0.469 e. The van der Waals surface area contributed by atoms with Crippen molar-refractivity contribution in [1.82, 2.24) is 0 Å². The molecule has 1 amide bonds. The Morgan fingerprint density at radius 3 is 2.71 bits per heavy atom. The average molecular weight is 308 g/mol. The number of ether oxygens (including phenoxy) is 1. The van der Waals surface area contributed by atoms with Crippen LogP contribution in [-0.4, -0.2) is 18.5 Å². The number of rotatable bonds is 4. The first-order valence-corrected chi connectivity index (χ1v) is 6.62. The van der Waals surface area contributed by atoms with Gasteiger partial charge in [-0.25, -0.2) is 4.79 Å². The van der Waals surface area contributed by atoms with Crippen LogP contribution in [0, 0.1) is 13.8 Å². The van der Waals surface area contributed by atoms with Crippen LogP contribution in [-0.2, 0) is 9.53 Å². The van der Waals surface area contributed by atoms with E-state index in [1.54, 1.807) is 25.1 Å². The summed E-state index contributed by atoms with van der Waals surface area (Å²) < 4.78 is 9.93. The normalized spacial score (nSPS) is 10.2. The molecule has 110 valence electrons. The molecule has 6 heteroatoms. The predicted octanol–water partition coefficient (Wildman–Crippen LogP) is 3.35. The maximum absolute atomic E-state index is 11.8. The Kier molecular flexibility index (Phi) is 4.65. The van der Waals surface area contributed by atoms with Crippen molar-refractivity contribution < 1.29 is 18.7 Å². The zero-order chi connectivity index (χ0) is 15.4. The Morgan fingerprint density at radius 2 is 2.05 bits per heavy atom. The summed E-state index contributed by atoms with van der Waals surface area (Å²) in [7, 11) is 0. The molecule has 0 fully saturated rings. The SMILES string of the molecule is Cc1ccc(Cl)cc1NC(=O)COC(=O)c1ccoc1C. The standard InChI is InChI=1S/C15H14ClNO4/c1-9-3-4-11(16)7-13(9)17-14(18)8-21-15(19)12-5-6-20-10(12)2/h3-7H,8H2,1-2H3,(H,17,18). The predicted molar refractivity (Wildman–Crippen MR) is 78.5 cm³/mol. The maximum Gasteiger partial charge on any atom is 0.342 e. The summed E-state index contributed by atoms with van der Waals surface area (Å²) in [5, 5.41) is 3.16. The Bertz CT molecular complexity index is 678. The van der Waals surface area contributed by atoms with Crippen molar-refractivity contribution in [1.29, 1.82) is 0 Å². The lowest BCUT2D eigenvalue weighted by molar-refractivity contribution is -0.119. The van der Waals surface area contributed by atoms with Gasteiger partial charge in [0.15, 0.2) is 6.61 Å². The Labute approximate surface area is 126 Å². The van der Waals surface area contributed by atoms with Crippen LogP contribution in [0.15, 0.2) is 34.9 Å². The van der Waals surface area contributed by atoms with Gasteiger partial charge >= 0.3 is 5.97 Å². The van der Waals surface area contributed by atoms with Gasteiger partial charge in [0, 0.05) is 10.7 Å². The second-order valence-corrected chi connectivity index (χ2v) is 4.91. The molecule has 0 unspecified atom stereocenters. The number of aryl methyl sites for hydroxylation is 2. The van der Waals surface area contributed by atoms with E-state index in [0.29, 0.717) is 22.0 Å². The summed E-state index contributed by atoms with van der Waals surface area (Å²) >= 11 is 5.87. The molecule has 0 atom stereocenters. The molecule has 0 spiro atoms. The quantitative estimate of drug-likeness (QED) is 0.880. The van der Waals surface area contributed by atoms with Crippen molar-refractivity contribution in [3.05, 3.63) is 52.4 Å². The van der Waals surface area contributed by atoms with Gasteiger partial charge in [-0.1, -0.05) is 17.7 Å². The highest BCUT2D eigenvalue weighted by Crippen LogP contribution is 2.20. The van der Waals surface area contributed by atoms with Crippen LogP contribution in [0.2, 0.25) is 5.02 Å². The third-order valence-corrected chi connectivity index (χ3v) is 3.12. The van der Waals surface area contributed by atoms with E-state index in [1.807, 2.05) is 6.92 Å². The van der Waals surface area contributed by atoms with E-state index < -0.39 is 11.9 Å². The van der Waals surface area contributed by atoms with Crippen LogP contribution >= 0.6 is 11.6 Å². The lowest BCUT2D eigenvalue weighted by Gasteiger charge is -2.09. The zero-order valence-corrected chi connectivity index (χ0v) is 12.4. The highest BCUT2D eigenvalue weighted by atomic mass is 35.5. The summed E-state index contributed by atoms with van der Waals surface area (Å²) in [6.45, 7) is 3.11. The molecule has 2 aromatic rings. The number of carbonyl (C=O) groups excluding carboxylic acids is 2. The summed E-state index contributed by atoms with van der Waals surface area (Å²) in [5.74, 6) is -0.583. The minimum atomic E-state index is -0.598. The molecule has 0 aliphatic rings. The number of amides is 1. The van der Waals surface area contributed by atoms with Crippen LogP contribution in [0.4, 0.5) is 5.69 Å². The molecule has 2 rings (SSSR count). The van der Waals surface area contributed by atoms with Crippen LogP contribution < -0.4 is 5.32 Å². The number of furan rings is 1. The van der Waals surface area contributed by atoms with Gasteiger partial charge in [-0.05, 0) is 37.6 Å². The maximum atomic E-state index is 11.8. The average Bonchev–Trinajstić information content (AvgIpc) is 2.86. The zero-order valence-electron chi connectivity index (χ0n) is 11.6. The van der Waals surface area contributed by atoms with E-state index in [9.17, 15) is 9.59 Å². The molecule has 0 bridgehead atoms. The second-order valence-electron chi connectivity index (χ2n) is 4.47. The van der Waals surface area contributed by atoms with Crippen molar-refractivity contribution in [2.45, 2.75) is 13.8 Å². The van der Waals surface area contributed by atoms with E-state index in [1.165, 1.54) is 12.3 Å². The molecule has 21 heavy (non-hydrogen) atoms. The van der Waals surface area contributed by atoms with Gasteiger partial charge in [0.2, 0.25) is 0 Å². The molecule has 0 saturated carbocycles. The summed E-state index contributed by atoms with van der Waals surface area (Å²) in [5.41, 5.74) is 1.76. The van der Waals surface area contributed by atoms with Gasteiger partial charge in [-0.3, -0.25) is 4.79 Å². The molecule has 0 saturated heterocycles. The van der Waals surface area contributed by atoms with Gasteiger partial charge in [0.25, 0.3) is 5.91 Å². The first-order chi connectivity index (χ1) is 9.97. The van der Waals surface area contributed by atoms with Gasteiger partial charge in [-0.2, -0.15) is 0 Å². The van der Waals surface area contributed by atoms with Crippen LogP contribution in [0.5, 0.6) is 0 Å². The molecule has 0 aliphatic heterocycles. The largest absolute Gasteiger partial charge is 0.469 e. The lowest BCUT2D eigenvalue weighted by Crippen LogP contribution is -2.21. The third kappa shape index (κ3) is 3.86. The number of esters is 1. The van der Waals surface area contributed by atoms with E-state index >= 15 is 0 Å². The van der Waals surface area contributed by atoms with Crippen LogP contribution in [0.1, 0.15) is 21.7 Å². The molecular weight excluding hydrogens is 294 g/mol.